The van der Waals surface area contributed by atoms with Gasteiger partial charge in [-0.15, -0.1) is 10.2 Å². The maximum atomic E-state index is 5.18. The van der Waals surface area contributed by atoms with Crippen LogP contribution in [-0.4, -0.2) is 53.0 Å². The number of hydrogen-bond acceptors (Lipinski definition) is 4. The van der Waals surface area contributed by atoms with Crippen LogP contribution < -0.4 is 0 Å². The number of methoxy groups -OCH3 is 1. The molecule has 0 radical (unpaired) electrons. The normalized spacial score (nSPS) is 21.3. The lowest BCUT2D eigenvalue weighted by Gasteiger charge is -2.32. The third kappa shape index (κ3) is 3.78. The average Bonchev–Trinajstić information content (AvgIpc) is 2.80. The zero-order chi connectivity index (χ0) is 12.8. The van der Waals surface area contributed by atoms with Gasteiger partial charge >= 0.3 is 0 Å². The molecule has 0 aromatic carbocycles. The highest BCUT2D eigenvalue weighted by Gasteiger charge is 2.19. The first kappa shape index (κ1) is 13.5. The van der Waals surface area contributed by atoms with Crippen molar-refractivity contribution in [1.82, 2.24) is 19.7 Å². The minimum atomic E-state index is 0.806. The summed E-state index contributed by atoms with van der Waals surface area (Å²) in [6.07, 6.45) is 5.68. The quantitative estimate of drug-likeness (QED) is 0.766. The SMILES string of the molecule is COCC[C@H]1CCCN(CCn2cnnc2C)C1. The first-order chi connectivity index (χ1) is 8.79. The van der Waals surface area contributed by atoms with Gasteiger partial charge in [-0.3, -0.25) is 0 Å². The zero-order valence-corrected chi connectivity index (χ0v) is 11.5. The summed E-state index contributed by atoms with van der Waals surface area (Å²) < 4.78 is 7.30. The Hall–Kier alpha value is -0.940. The van der Waals surface area contributed by atoms with Crippen molar-refractivity contribution in [3.05, 3.63) is 12.2 Å². The Balaban J connectivity index is 1.74. The molecule has 1 atom stereocenters. The molecule has 2 rings (SSSR count). The number of rotatable bonds is 6. The van der Waals surface area contributed by atoms with Crippen molar-refractivity contribution in [3.63, 3.8) is 0 Å². The van der Waals surface area contributed by atoms with Crippen molar-refractivity contribution < 1.29 is 4.74 Å². The van der Waals surface area contributed by atoms with E-state index in [0.717, 1.165) is 31.4 Å². The lowest BCUT2D eigenvalue weighted by molar-refractivity contribution is 0.125. The second-order valence-corrected chi connectivity index (χ2v) is 5.16. The monoisotopic (exact) mass is 252 g/mol. The summed E-state index contributed by atoms with van der Waals surface area (Å²) in [7, 11) is 1.79. The Morgan fingerprint density at radius 3 is 3.06 bits per heavy atom. The van der Waals surface area contributed by atoms with Crippen LogP contribution >= 0.6 is 0 Å². The number of aryl methyl sites for hydroxylation is 1. The smallest absolute Gasteiger partial charge is 0.129 e. The Kier molecular flexibility index (Phi) is 5.13. The first-order valence-corrected chi connectivity index (χ1v) is 6.85. The van der Waals surface area contributed by atoms with Crippen molar-refractivity contribution in [1.29, 1.82) is 0 Å². The van der Waals surface area contributed by atoms with E-state index in [2.05, 4.69) is 19.7 Å². The molecule has 1 saturated heterocycles. The standard InChI is InChI=1S/C13H24N4O/c1-12-15-14-11-17(12)8-7-16-6-3-4-13(10-16)5-9-18-2/h11,13H,3-10H2,1-2H3/t13-/m1/s1. The van der Waals surface area contributed by atoms with E-state index in [-0.39, 0.29) is 0 Å². The zero-order valence-electron chi connectivity index (χ0n) is 11.5. The number of nitrogens with zero attached hydrogens (tertiary/aromatic N) is 4. The molecule has 102 valence electrons. The van der Waals surface area contributed by atoms with Gasteiger partial charge in [0.2, 0.25) is 0 Å². The summed E-state index contributed by atoms with van der Waals surface area (Å²) in [5.41, 5.74) is 0. The lowest BCUT2D eigenvalue weighted by atomic mass is 9.95. The summed E-state index contributed by atoms with van der Waals surface area (Å²) in [5, 5.41) is 7.93. The molecule has 0 bridgehead atoms. The third-order valence-electron chi connectivity index (χ3n) is 3.80. The van der Waals surface area contributed by atoms with Gasteiger partial charge in [0, 0.05) is 33.4 Å². The number of likely N-dealkylation sites (tertiary alicyclic amines) is 1. The fourth-order valence-electron chi connectivity index (χ4n) is 2.66. The maximum Gasteiger partial charge on any atom is 0.129 e. The molecule has 5 nitrogen and oxygen atoms in total. The molecule has 0 saturated carbocycles. The van der Waals surface area contributed by atoms with Crippen molar-refractivity contribution in [3.8, 4) is 0 Å². The van der Waals surface area contributed by atoms with Crippen LogP contribution in [0, 0.1) is 12.8 Å². The fourth-order valence-corrected chi connectivity index (χ4v) is 2.66. The molecule has 0 amide bonds. The van der Waals surface area contributed by atoms with E-state index in [9.17, 15) is 0 Å². The van der Waals surface area contributed by atoms with Gasteiger partial charge in [0.15, 0.2) is 0 Å². The van der Waals surface area contributed by atoms with Crippen LogP contribution in [-0.2, 0) is 11.3 Å². The number of ether oxygens (including phenoxy) is 1. The van der Waals surface area contributed by atoms with Crippen LogP contribution in [0.25, 0.3) is 0 Å². The van der Waals surface area contributed by atoms with E-state index in [1.54, 1.807) is 7.11 Å². The Morgan fingerprint density at radius 1 is 1.44 bits per heavy atom. The minimum Gasteiger partial charge on any atom is -0.385 e. The van der Waals surface area contributed by atoms with E-state index < -0.39 is 0 Å². The molecule has 1 aliphatic rings. The minimum absolute atomic E-state index is 0.806. The summed E-state index contributed by atoms with van der Waals surface area (Å²) in [6.45, 7) is 7.43. The Bertz CT molecular complexity index is 353. The molecular formula is C13H24N4O. The van der Waals surface area contributed by atoms with Crippen LogP contribution in [0.1, 0.15) is 25.1 Å². The number of piperidine rings is 1. The molecular weight excluding hydrogens is 228 g/mol. The van der Waals surface area contributed by atoms with Gasteiger partial charge in [0.05, 0.1) is 0 Å². The van der Waals surface area contributed by atoms with Gasteiger partial charge in [0.1, 0.15) is 12.2 Å². The van der Waals surface area contributed by atoms with E-state index in [1.165, 1.54) is 32.4 Å². The molecule has 1 aromatic heterocycles. The number of hydrogen-bond donors (Lipinski definition) is 0. The highest BCUT2D eigenvalue weighted by Crippen LogP contribution is 2.19. The summed E-state index contributed by atoms with van der Waals surface area (Å²) in [5.74, 6) is 1.81. The van der Waals surface area contributed by atoms with E-state index >= 15 is 0 Å². The second-order valence-electron chi connectivity index (χ2n) is 5.16. The topological polar surface area (TPSA) is 43.2 Å². The molecule has 0 unspecified atom stereocenters. The maximum absolute atomic E-state index is 5.18. The molecule has 18 heavy (non-hydrogen) atoms. The van der Waals surface area contributed by atoms with E-state index in [1.807, 2.05) is 13.3 Å². The predicted octanol–water partition coefficient (Wildman–Crippen LogP) is 1.34. The van der Waals surface area contributed by atoms with Gasteiger partial charge in [-0.1, -0.05) is 0 Å². The van der Waals surface area contributed by atoms with Gasteiger partial charge in [-0.2, -0.15) is 0 Å². The fraction of sp³-hybridized carbons (Fsp3) is 0.846. The highest BCUT2D eigenvalue weighted by atomic mass is 16.5. The third-order valence-corrected chi connectivity index (χ3v) is 3.80. The van der Waals surface area contributed by atoms with Crippen LogP contribution in [0.4, 0.5) is 0 Å². The van der Waals surface area contributed by atoms with Crippen LogP contribution in [0.5, 0.6) is 0 Å². The lowest BCUT2D eigenvalue weighted by Crippen LogP contribution is -2.37. The molecule has 1 fully saturated rings. The number of aromatic nitrogens is 3. The van der Waals surface area contributed by atoms with Crippen LogP contribution in [0.2, 0.25) is 0 Å². The van der Waals surface area contributed by atoms with Gasteiger partial charge < -0.3 is 14.2 Å². The highest BCUT2D eigenvalue weighted by molar-refractivity contribution is 4.81. The van der Waals surface area contributed by atoms with Crippen molar-refractivity contribution in [2.75, 3.05) is 33.4 Å². The molecule has 2 heterocycles. The van der Waals surface area contributed by atoms with Gasteiger partial charge in [-0.05, 0) is 38.6 Å². The van der Waals surface area contributed by atoms with Crippen molar-refractivity contribution in [2.45, 2.75) is 32.7 Å². The Morgan fingerprint density at radius 2 is 2.33 bits per heavy atom. The van der Waals surface area contributed by atoms with Gasteiger partial charge in [0.25, 0.3) is 0 Å². The summed E-state index contributed by atoms with van der Waals surface area (Å²) in [4.78, 5) is 2.56. The van der Waals surface area contributed by atoms with Crippen molar-refractivity contribution in [2.24, 2.45) is 5.92 Å². The molecule has 0 aliphatic carbocycles. The Labute approximate surface area is 109 Å². The van der Waals surface area contributed by atoms with Crippen molar-refractivity contribution >= 4 is 0 Å². The molecule has 5 heteroatoms. The average molecular weight is 252 g/mol. The molecule has 1 aromatic rings. The molecule has 0 spiro atoms. The van der Waals surface area contributed by atoms with E-state index in [4.69, 9.17) is 4.74 Å². The first-order valence-electron chi connectivity index (χ1n) is 6.85. The molecule has 0 N–H and O–H groups in total. The molecule has 1 aliphatic heterocycles. The second kappa shape index (κ2) is 6.85. The summed E-state index contributed by atoms with van der Waals surface area (Å²) in [6, 6.07) is 0. The van der Waals surface area contributed by atoms with Crippen LogP contribution in [0.15, 0.2) is 6.33 Å². The van der Waals surface area contributed by atoms with Crippen LogP contribution in [0.3, 0.4) is 0 Å². The summed E-state index contributed by atoms with van der Waals surface area (Å²) >= 11 is 0. The van der Waals surface area contributed by atoms with Gasteiger partial charge in [-0.25, -0.2) is 0 Å². The predicted molar refractivity (Wildman–Crippen MR) is 70.4 cm³/mol. The largest absolute Gasteiger partial charge is 0.385 e. The van der Waals surface area contributed by atoms with E-state index in [0.29, 0.717) is 0 Å².